The van der Waals surface area contributed by atoms with E-state index in [1.165, 1.54) is 168 Å². The lowest BCUT2D eigenvalue weighted by Crippen LogP contribution is -3.00. The molecule has 0 aliphatic heterocycles. The van der Waals surface area contributed by atoms with Crippen LogP contribution in [0.5, 0.6) is 0 Å². The van der Waals surface area contributed by atoms with Crippen molar-refractivity contribution in [1.82, 2.24) is 0 Å². The second-order valence-corrected chi connectivity index (χ2v) is 20.5. The third-order valence-electron chi connectivity index (χ3n) is 12.2. The lowest BCUT2D eigenvalue weighted by molar-refractivity contribution is -0.0000127. The number of rotatable bonds is 32. The van der Waals surface area contributed by atoms with Gasteiger partial charge in [0.1, 0.15) is 0 Å². The Morgan fingerprint density at radius 1 is 0.295 bits per heavy atom. The van der Waals surface area contributed by atoms with Crippen molar-refractivity contribution in [3.05, 3.63) is 120 Å². The van der Waals surface area contributed by atoms with E-state index in [2.05, 4.69) is 170 Å². The molecular formula is C55H86IN4P. The Balaban J connectivity index is 0.00000992. The summed E-state index contributed by atoms with van der Waals surface area (Å²) in [4.78, 5) is 0. The smallest absolute Gasteiger partial charge is 0.405 e. The fraction of sp³-hybridized carbons (Fsp3) is 0.564. The summed E-state index contributed by atoms with van der Waals surface area (Å²) in [5.41, 5.74) is 9.35. The van der Waals surface area contributed by atoms with Crippen LogP contribution in [0, 0.1) is 20.8 Å². The van der Waals surface area contributed by atoms with Crippen molar-refractivity contribution >= 4 is 30.6 Å². The quantitative estimate of drug-likeness (QED) is 0.0275. The summed E-state index contributed by atoms with van der Waals surface area (Å²) in [7, 11) is -2.76. The lowest BCUT2D eigenvalue weighted by atomic mass is 10.1. The number of halogens is 1. The maximum absolute atomic E-state index is 3.00. The van der Waals surface area contributed by atoms with Crippen LogP contribution < -0.4 is 42.7 Å². The molecule has 0 fully saturated rings. The molecule has 61 heavy (non-hydrogen) atoms. The predicted molar refractivity (Wildman–Crippen MR) is 271 cm³/mol. The van der Waals surface area contributed by atoms with Crippen molar-refractivity contribution < 1.29 is 24.0 Å². The van der Waals surface area contributed by atoms with Crippen LogP contribution in [0.1, 0.15) is 173 Å². The van der Waals surface area contributed by atoms with Gasteiger partial charge in [0.05, 0.1) is 48.9 Å². The van der Waals surface area contributed by atoms with Crippen LogP contribution in [0.15, 0.2) is 103 Å². The molecule has 0 spiro atoms. The van der Waals surface area contributed by atoms with E-state index in [0.29, 0.717) is 0 Å². The zero-order valence-electron chi connectivity index (χ0n) is 39.9. The maximum Gasteiger partial charge on any atom is 0.405 e. The highest BCUT2D eigenvalue weighted by Crippen LogP contribution is 2.73. The van der Waals surface area contributed by atoms with Gasteiger partial charge in [0.15, 0.2) is 0 Å². The normalized spacial score (nSPS) is 11.3. The highest BCUT2D eigenvalue weighted by atomic mass is 127. The lowest BCUT2D eigenvalue weighted by Gasteiger charge is -2.53. The number of para-hydroxylation sites is 1. The third-order valence-corrected chi connectivity index (χ3v) is 16.6. The number of hydrogen-bond acceptors (Lipinski definition) is 4. The van der Waals surface area contributed by atoms with E-state index in [-0.39, 0.29) is 24.0 Å². The van der Waals surface area contributed by atoms with Crippen LogP contribution in [0.2, 0.25) is 0 Å². The number of nitrogens with zero attached hydrogens (tertiary/aromatic N) is 4. The average molecular weight is 961 g/mol. The first-order valence-corrected chi connectivity index (χ1v) is 26.3. The second kappa shape index (κ2) is 30.3. The molecule has 338 valence electrons. The SMILES string of the molecule is CCCCCCCN(c1ccccc1)[P+](N(CCCCCCC)c1ccc(C)cc1)(N(CCCCCCC)c1ccc(C)cc1)N(CCCCCCC)c1ccc(C)cc1.[I-]. The molecule has 4 aromatic carbocycles. The summed E-state index contributed by atoms with van der Waals surface area (Å²) in [5.74, 6) is 0. The molecule has 0 atom stereocenters. The van der Waals surface area contributed by atoms with Crippen LogP contribution in [0.25, 0.3) is 0 Å². The first kappa shape index (κ1) is 52.6. The minimum Gasteiger partial charge on any atom is -1.00 e. The fourth-order valence-corrected chi connectivity index (χ4v) is 13.6. The van der Waals surface area contributed by atoms with Gasteiger partial charge in [0.25, 0.3) is 0 Å². The molecule has 4 rings (SSSR count). The summed E-state index contributed by atoms with van der Waals surface area (Å²) >= 11 is 0. The van der Waals surface area contributed by atoms with E-state index in [1.54, 1.807) is 0 Å². The Morgan fingerprint density at radius 2 is 0.525 bits per heavy atom. The Labute approximate surface area is 393 Å². The van der Waals surface area contributed by atoms with Gasteiger partial charge in [0, 0.05) is 0 Å². The van der Waals surface area contributed by atoms with E-state index in [9.17, 15) is 0 Å². The molecule has 0 saturated heterocycles. The summed E-state index contributed by atoms with van der Waals surface area (Å²) in [6.45, 7) is 20.1. The topological polar surface area (TPSA) is 13.0 Å². The summed E-state index contributed by atoms with van der Waals surface area (Å²) in [5, 5.41) is 0. The first-order chi connectivity index (χ1) is 29.4. The molecule has 0 bridgehead atoms. The van der Waals surface area contributed by atoms with E-state index >= 15 is 0 Å². The van der Waals surface area contributed by atoms with Crippen molar-refractivity contribution in [3.63, 3.8) is 0 Å². The maximum atomic E-state index is 3.00. The monoisotopic (exact) mass is 961 g/mol. The molecule has 6 heteroatoms. The zero-order chi connectivity index (χ0) is 42.8. The standard InChI is InChI=1S/C55H86N4P.HI/c1-8-12-16-20-27-45-56(52-31-25-24-26-32-52)60(57(46-28-21-17-13-9-2)53-39-33-49(5)34-40-53,58(47-29-22-18-14-10-3)54-41-35-50(6)36-42-54)59(48-30-23-19-15-11-4)55-43-37-51(7)38-44-55;/h24-26,31-44H,8-23,27-30,45-48H2,1-7H3;1H/q+1;/p-1. The van der Waals surface area contributed by atoms with Gasteiger partial charge < -0.3 is 24.0 Å². The van der Waals surface area contributed by atoms with Crippen molar-refractivity contribution in [3.8, 4) is 0 Å². The summed E-state index contributed by atoms with van der Waals surface area (Å²) in [6.07, 6.45) is 25.1. The predicted octanol–water partition coefficient (Wildman–Crippen LogP) is 14.5. The number of benzene rings is 4. The molecule has 0 amide bonds. The molecule has 0 heterocycles. The zero-order valence-corrected chi connectivity index (χ0v) is 43.0. The van der Waals surface area contributed by atoms with Gasteiger partial charge in [-0.15, -0.1) is 0 Å². The minimum atomic E-state index is -2.76. The van der Waals surface area contributed by atoms with Crippen molar-refractivity contribution in [2.75, 3.05) is 44.9 Å². The molecule has 4 aromatic rings. The average Bonchev–Trinajstić information content (AvgIpc) is 3.27. The van der Waals surface area contributed by atoms with Crippen molar-refractivity contribution in [2.45, 2.75) is 177 Å². The Hall–Kier alpha value is -2.76. The Bertz CT molecular complexity index is 1510. The molecule has 0 radical (unpaired) electrons. The molecule has 4 nitrogen and oxygen atoms in total. The van der Waals surface area contributed by atoms with Gasteiger partial charge in [-0.2, -0.15) is 18.7 Å². The van der Waals surface area contributed by atoms with Crippen molar-refractivity contribution in [2.24, 2.45) is 0 Å². The highest BCUT2D eigenvalue weighted by molar-refractivity contribution is 7.81. The van der Waals surface area contributed by atoms with Gasteiger partial charge in [-0.1, -0.05) is 202 Å². The number of aryl methyl sites for hydroxylation is 3. The van der Waals surface area contributed by atoms with Crippen LogP contribution in [-0.4, -0.2) is 26.2 Å². The third kappa shape index (κ3) is 16.4. The highest BCUT2D eigenvalue weighted by Gasteiger charge is 2.63. The summed E-state index contributed by atoms with van der Waals surface area (Å²) < 4.78 is 12.0. The molecular weight excluding hydrogens is 875 g/mol. The van der Waals surface area contributed by atoms with E-state index < -0.39 is 7.87 Å². The molecule has 0 aromatic heterocycles. The second-order valence-electron chi connectivity index (χ2n) is 17.5. The molecule has 0 aliphatic rings. The summed E-state index contributed by atoms with van der Waals surface area (Å²) in [6, 6.07) is 40.6. The molecule has 0 N–H and O–H groups in total. The van der Waals surface area contributed by atoms with Gasteiger partial charge in [0.2, 0.25) is 0 Å². The number of anilines is 4. The van der Waals surface area contributed by atoms with Crippen molar-refractivity contribution in [1.29, 1.82) is 0 Å². The number of unbranched alkanes of at least 4 members (excludes halogenated alkanes) is 16. The molecule has 0 saturated carbocycles. The van der Waals surface area contributed by atoms with Gasteiger partial charge in [-0.3, -0.25) is 0 Å². The largest absolute Gasteiger partial charge is 1.00 e. The Kier molecular flexibility index (Phi) is 26.2. The fourth-order valence-electron chi connectivity index (χ4n) is 8.67. The molecule has 0 unspecified atom stereocenters. The van der Waals surface area contributed by atoms with E-state index in [0.717, 1.165) is 26.2 Å². The minimum absolute atomic E-state index is 0. The van der Waals surface area contributed by atoms with Gasteiger partial charge in [-0.05, 0) is 95.0 Å². The number of hydrogen-bond donors (Lipinski definition) is 0. The van der Waals surface area contributed by atoms with E-state index in [4.69, 9.17) is 0 Å². The van der Waals surface area contributed by atoms with Gasteiger partial charge >= 0.3 is 7.87 Å². The Morgan fingerprint density at radius 3 is 0.770 bits per heavy atom. The van der Waals surface area contributed by atoms with Crippen LogP contribution in [0.3, 0.4) is 0 Å². The van der Waals surface area contributed by atoms with Crippen LogP contribution >= 0.6 is 7.87 Å². The molecule has 0 aliphatic carbocycles. The van der Waals surface area contributed by atoms with Crippen LogP contribution in [0.4, 0.5) is 22.7 Å². The van der Waals surface area contributed by atoms with Crippen LogP contribution in [-0.2, 0) is 0 Å². The van der Waals surface area contributed by atoms with Gasteiger partial charge in [-0.25, -0.2) is 0 Å². The van der Waals surface area contributed by atoms with E-state index in [1.807, 2.05) is 0 Å². The first-order valence-electron chi connectivity index (χ1n) is 24.7.